The van der Waals surface area contributed by atoms with E-state index in [4.69, 9.17) is 0 Å². The minimum atomic E-state index is -1.74. The molecule has 0 aliphatic heterocycles. The fourth-order valence-electron chi connectivity index (χ4n) is 2.13. The van der Waals surface area contributed by atoms with Crippen molar-refractivity contribution >= 4 is 0 Å². The first-order valence-corrected chi connectivity index (χ1v) is 5.12. The molecule has 0 amide bonds. The lowest BCUT2D eigenvalue weighted by atomic mass is 9.80. The van der Waals surface area contributed by atoms with Gasteiger partial charge in [0.1, 0.15) is 6.17 Å². The quantitative estimate of drug-likeness (QED) is 0.641. The lowest BCUT2D eigenvalue weighted by molar-refractivity contribution is 0.00864. The first-order valence-electron chi connectivity index (χ1n) is 5.12. The number of rotatable bonds is 1. The molecule has 1 aromatic rings. The van der Waals surface area contributed by atoms with Crippen molar-refractivity contribution < 1.29 is 8.78 Å². The molecule has 2 atom stereocenters. The summed E-state index contributed by atoms with van der Waals surface area (Å²) in [5.74, 6) is 0. The summed E-state index contributed by atoms with van der Waals surface area (Å²) in [5, 5.41) is 0. The summed E-state index contributed by atoms with van der Waals surface area (Å²) >= 11 is 0. The topological polar surface area (TPSA) is 0 Å². The molecule has 0 saturated heterocycles. The van der Waals surface area contributed by atoms with Gasteiger partial charge < -0.3 is 0 Å². The van der Waals surface area contributed by atoms with E-state index in [0.29, 0.717) is 18.4 Å². The highest BCUT2D eigenvalue weighted by atomic mass is 19.2. The molecule has 2 rings (SSSR count). The number of hydrogen-bond donors (Lipinski definition) is 0. The molecule has 0 nitrogen and oxygen atoms in total. The number of benzene rings is 1. The summed E-state index contributed by atoms with van der Waals surface area (Å²) in [5.41, 5.74) is -1.24. The van der Waals surface area contributed by atoms with Crippen LogP contribution < -0.4 is 0 Å². The predicted molar refractivity (Wildman–Crippen MR) is 52.6 cm³/mol. The maximum atomic E-state index is 14.3. The second-order valence-corrected chi connectivity index (χ2v) is 3.94. The molecule has 1 aliphatic rings. The van der Waals surface area contributed by atoms with Gasteiger partial charge in [0.05, 0.1) is 0 Å². The minimum absolute atomic E-state index is 0.318. The summed E-state index contributed by atoms with van der Waals surface area (Å²) in [6.45, 7) is 0. The summed E-state index contributed by atoms with van der Waals surface area (Å²) in [6, 6.07) is 8.70. The highest BCUT2D eigenvalue weighted by Gasteiger charge is 2.42. The van der Waals surface area contributed by atoms with Crippen LogP contribution in [0.1, 0.15) is 31.2 Å². The van der Waals surface area contributed by atoms with Gasteiger partial charge in [-0.3, -0.25) is 0 Å². The van der Waals surface area contributed by atoms with E-state index in [9.17, 15) is 8.78 Å². The molecular formula is C12H14F2. The highest BCUT2D eigenvalue weighted by Crippen LogP contribution is 2.42. The average Bonchev–Trinajstić information content (AvgIpc) is 2.24. The molecule has 2 unspecified atom stereocenters. The summed E-state index contributed by atoms with van der Waals surface area (Å²) in [7, 11) is 0. The molecule has 0 aromatic heterocycles. The smallest absolute Gasteiger partial charge is 0.166 e. The molecule has 0 bridgehead atoms. The lowest BCUT2D eigenvalue weighted by Crippen LogP contribution is -2.35. The van der Waals surface area contributed by atoms with Gasteiger partial charge in [-0.1, -0.05) is 36.8 Å². The Morgan fingerprint density at radius 1 is 1.14 bits per heavy atom. The zero-order valence-corrected chi connectivity index (χ0v) is 8.05. The Morgan fingerprint density at radius 2 is 1.86 bits per heavy atom. The van der Waals surface area contributed by atoms with Gasteiger partial charge in [0, 0.05) is 0 Å². The van der Waals surface area contributed by atoms with Crippen LogP contribution in [-0.4, -0.2) is 6.17 Å². The van der Waals surface area contributed by atoms with Gasteiger partial charge in [-0.05, 0) is 24.8 Å². The predicted octanol–water partition coefficient (Wildman–Crippen LogP) is 3.76. The van der Waals surface area contributed by atoms with Crippen LogP contribution in [0, 0.1) is 0 Å². The van der Waals surface area contributed by atoms with Crippen LogP contribution in [0.4, 0.5) is 8.78 Å². The Balaban J connectivity index is 2.30. The molecule has 1 aliphatic carbocycles. The summed E-state index contributed by atoms with van der Waals surface area (Å²) in [6.07, 6.45) is 0.924. The second-order valence-electron chi connectivity index (χ2n) is 3.94. The van der Waals surface area contributed by atoms with Crippen molar-refractivity contribution in [2.24, 2.45) is 0 Å². The van der Waals surface area contributed by atoms with Gasteiger partial charge in [-0.15, -0.1) is 0 Å². The molecule has 14 heavy (non-hydrogen) atoms. The van der Waals surface area contributed by atoms with E-state index in [1.165, 1.54) is 0 Å². The van der Waals surface area contributed by atoms with Crippen molar-refractivity contribution in [3.05, 3.63) is 35.9 Å². The van der Waals surface area contributed by atoms with Crippen LogP contribution in [-0.2, 0) is 5.67 Å². The van der Waals surface area contributed by atoms with Crippen LogP contribution in [0.25, 0.3) is 0 Å². The molecule has 1 aromatic carbocycles. The third-order valence-electron chi connectivity index (χ3n) is 3.00. The molecular weight excluding hydrogens is 182 g/mol. The van der Waals surface area contributed by atoms with Gasteiger partial charge in [-0.2, -0.15) is 0 Å². The van der Waals surface area contributed by atoms with E-state index < -0.39 is 11.8 Å². The molecule has 0 heterocycles. The Bertz CT molecular complexity index is 296. The van der Waals surface area contributed by atoms with Crippen molar-refractivity contribution in [1.82, 2.24) is 0 Å². The maximum Gasteiger partial charge on any atom is 0.166 e. The normalized spacial score (nSPS) is 32.9. The van der Waals surface area contributed by atoms with Gasteiger partial charge in [-0.25, -0.2) is 8.78 Å². The third-order valence-corrected chi connectivity index (χ3v) is 3.00. The summed E-state index contributed by atoms with van der Waals surface area (Å²) in [4.78, 5) is 0. The fourth-order valence-corrected chi connectivity index (χ4v) is 2.13. The highest BCUT2D eigenvalue weighted by molar-refractivity contribution is 5.24. The number of hydrogen-bond acceptors (Lipinski definition) is 0. The van der Waals surface area contributed by atoms with E-state index in [1.807, 2.05) is 6.07 Å². The zero-order valence-electron chi connectivity index (χ0n) is 8.05. The fraction of sp³-hybridized carbons (Fsp3) is 0.500. The van der Waals surface area contributed by atoms with Gasteiger partial charge in [0.25, 0.3) is 0 Å². The standard InChI is InChI=1S/C12H14F2/c13-11-8-4-5-9-12(11,14)10-6-2-1-3-7-10/h1-3,6-7,11H,4-5,8-9H2. The van der Waals surface area contributed by atoms with Gasteiger partial charge in [0.2, 0.25) is 0 Å². The Kier molecular flexibility index (Phi) is 2.53. The minimum Gasteiger partial charge on any atom is -0.244 e. The molecule has 76 valence electrons. The molecule has 0 radical (unpaired) electrons. The second kappa shape index (κ2) is 3.68. The van der Waals surface area contributed by atoms with Crippen LogP contribution in [0.2, 0.25) is 0 Å². The number of halogens is 2. The van der Waals surface area contributed by atoms with Crippen LogP contribution >= 0.6 is 0 Å². The van der Waals surface area contributed by atoms with E-state index in [-0.39, 0.29) is 0 Å². The van der Waals surface area contributed by atoms with E-state index in [2.05, 4.69) is 0 Å². The van der Waals surface area contributed by atoms with Crippen molar-refractivity contribution in [3.8, 4) is 0 Å². The van der Waals surface area contributed by atoms with Crippen molar-refractivity contribution in [1.29, 1.82) is 0 Å². The van der Waals surface area contributed by atoms with E-state index in [0.717, 1.165) is 12.8 Å². The Labute approximate surface area is 82.9 Å². The number of alkyl halides is 2. The zero-order chi connectivity index (χ0) is 10.0. The summed E-state index contributed by atoms with van der Waals surface area (Å²) < 4.78 is 27.9. The van der Waals surface area contributed by atoms with Crippen molar-refractivity contribution in [2.75, 3.05) is 0 Å². The molecule has 0 N–H and O–H groups in total. The molecule has 1 saturated carbocycles. The van der Waals surface area contributed by atoms with Crippen LogP contribution in [0.15, 0.2) is 30.3 Å². The van der Waals surface area contributed by atoms with Crippen LogP contribution in [0.5, 0.6) is 0 Å². The van der Waals surface area contributed by atoms with Gasteiger partial charge >= 0.3 is 0 Å². The van der Waals surface area contributed by atoms with E-state index >= 15 is 0 Å². The van der Waals surface area contributed by atoms with Crippen LogP contribution in [0.3, 0.4) is 0 Å². The average molecular weight is 196 g/mol. The first kappa shape index (κ1) is 9.63. The largest absolute Gasteiger partial charge is 0.244 e. The molecule has 1 fully saturated rings. The Hall–Kier alpha value is -0.920. The Morgan fingerprint density at radius 3 is 2.50 bits per heavy atom. The maximum absolute atomic E-state index is 14.3. The SMILES string of the molecule is FC1CCCCC1(F)c1ccccc1. The van der Waals surface area contributed by atoms with Crippen molar-refractivity contribution in [3.63, 3.8) is 0 Å². The van der Waals surface area contributed by atoms with Crippen molar-refractivity contribution in [2.45, 2.75) is 37.5 Å². The lowest BCUT2D eigenvalue weighted by Gasteiger charge is -2.33. The molecule has 0 spiro atoms. The van der Waals surface area contributed by atoms with E-state index in [1.54, 1.807) is 24.3 Å². The molecule has 2 heteroatoms. The third kappa shape index (κ3) is 1.54. The van der Waals surface area contributed by atoms with Gasteiger partial charge in [0.15, 0.2) is 5.67 Å². The first-order chi connectivity index (χ1) is 6.73. The monoisotopic (exact) mass is 196 g/mol.